The van der Waals surface area contributed by atoms with E-state index in [4.69, 9.17) is 9.47 Å². The summed E-state index contributed by atoms with van der Waals surface area (Å²) in [6, 6.07) is 3.50. The maximum Gasteiger partial charge on any atom is 0.163 e. The van der Waals surface area contributed by atoms with Crippen LogP contribution in [0.2, 0.25) is 0 Å². The number of methoxy groups -OCH3 is 2. The molecular weight excluding hydrogens is 304 g/mol. The predicted molar refractivity (Wildman–Crippen MR) is 95.7 cm³/mol. The second-order valence-corrected chi connectivity index (χ2v) is 6.20. The van der Waals surface area contributed by atoms with Gasteiger partial charge in [-0.05, 0) is 86.1 Å². The number of ether oxygens (including phenoxy) is 2. The van der Waals surface area contributed by atoms with Crippen molar-refractivity contribution in [2.75, 3.05) is 14.2 Å². The molecule has 2 aromatic rings. The molecule has 0 spiro atoms. The summed E-state index contributed by atoms with van der Waals surface area (Å²) in [5, 5.41) is 20.0. The fourth-order valence-electron chi connectivity index (χ4n) is 3.50. The normalized spacial score (nSPS) is 10.8. The van der Waals surface area contributed by atoms with Crippen LogP contribution in [0.4, 0.5) is 0 Å². The zero-order chi connectivity index (χ0) is 18.0. The van der Waals surface area contributed by atoms with Crippen molar-refractivity contribution in [2.45, 2.75) is 40.5 Å². The third-order valence-corrected chi connectivity index (χ3v) is 4.74. The second-order valence-electron chi connectivity index (χ2n) is 6.20. The van der Waals surface area contributed by atoms with Gasteiger partial charge in [0.2, 0.25) is 0 Å². The summed E-state index contributed by atoms with van der Waals surface area (Å²) >= 11 is 0. The molecule has 0 atom stereocenters. The van der Waals surface area contributed by atoms with Gasteiger partial charge in [-0.3, -0.25) is 0 Å². The first-order valence-electron chi connectivity index (χ1n) is 8.03. The molecule has 2 rings (SSSR count). The first-order valence-corrected chi connectivity index (χ1v) is 8.03. The third-order valence-electron chi connectivity index (χ3n) is 4.74. The van der Waals surface area contributed by atoms with Crippen LogP contribution >= 0.6 is 0 Å². The van der Waals surface area contributed by atoms with Crippen LogP contribution in [-0.2, 0) is 12.8 Å². The molecule has 2 N–H and O–H groups in total. The van der Waals surface area contributed by atoms with Crippen molar-refractivity contribution in [3.05, 3.63) is 45.5 Å². The van der Waals surface area contributed by atoms with Crippen molar-refractivity contribution >= 4 is 0 Å². The van der Waals surface area contributed by atoms with E-state index in [2.05, 4.69) is 0 Å². The highest BCUT2D eigenvalue weighted by Gasteiger charge is 2.16. The van der Waals surface area contributed by atoms with E-state index in [9.17, 15) is 10.2 Å². The van der Waals surface area contributed by atoms with Gasteiger partial charge in [0.1, 0.15) is 0 Å². The number of aryl methyl sites for hydroxylation is 2. The van der Waals surface area contributed by atoms with E-state index in [1.807, 2.05) is 27.7 Å². The highest BCUT2D eigenvalue weighted by Crippen LogP contribution is 2.37. The molecule has 0 unspecified atom stereocenters. The van der Waals surface area contributed by atoms with Gasteiger partial charge in [0.15, 0.2) is 23.0 Å². The number of phenols is 2. The summed E-state index contributed by atoms with van der Waals surface area (Å²) in [7, 11) is 3.14. The van der Waals surface area contributed by atoms with Crippen LogP contribution in [0.25, 0.3) is 0 Å². The van der Waals surface area contributed by atoms with E-state index in [-0.39, 0.29) is 11.5 Å². The van der Waals surface area contributed by atoms with Crippen LogP contribution in [0.15, 0.2) is 12.1 Å². The van der Waals surface area contributed by atoms with Crippen LogP contribution in [0.1, 0.15) is 33.4 Å². The lowest BCUT2D eigenvalue weighted by Crippen LogP contribution is -2.04. The van der Waals surface area contributed by atoms with Crippen LogP contribution in [0.5, 0.6) is 23.0 Å². The molecule has 4 nitrogen and oxygen atoms in total. The lowest BCUT2D eigenvalue weighted by Gasteiger charge is -2.18. The molecule has 0 amide bonds. The number of hydrogen-bond acceptors (Lipinski definition) is 4. The maximum atomic E-state index is 10.00. The number of phenolic OH excluding ortho intramolecular Hbond substituents is 2. The average Bonchev–Trinajstić information content (AvgIpc) is 2.50. The van der Waals surface area contributed by atoms with Gasteiger partial charge in [-0.1, -0.05) is 0 Å². The fourth-order valence-corrected chi connectivity index (χ4v) is 3.50. The molecule has 0 bridgehead atoms. The van der Waals surface area contributed by atoms with Gasteiger partial charge in [-0.15, -0.1) is 0 Å². The molecule has 0 aliphatic carbocycles. The standard InChI is InChI=1S/C20H26O4/c1-11-9-17(21)19(23-5)13(3)15(11)7-8-16-12(2)10-18(22)20(24-6)14(16)4/h9-10,21-22H,7-8H2,1-6H3. The van der Waals surface area contributed by atoms with E-state index < -0.39 is 0 Å². The second kappa shape index (κ2) is 7.04. The molecule has 0 fully saturated rings. The Morgan fingerprint density at radius 3 is 1.33 bits per heavy atom. The first-order chi connectivity index (χ1) is 11.3. The molecule has 4 heteroatoms. The lowest BCUT2D eigenvalue weighted by molar-refractivity contribution is 0.369. The number of benzene rings is 2. The number of aromatic hydroxyl groups is 2. The fraction of sp³-hybridized carbons (Fsp3) is 0.400. The topological polar surface area (TPSA) is 58.9 Å². The monoisotopic (exact) mass is 330 g/mol. The Labute approximate surface area is 143 Å². The zero-order valence-corrected chi connectivity index (χ0v) is 15.3. The summed E-state index contributed by atoms with van der Waals surface area (Å²) in [6.45, 7) is 7.94. The minimum absolute atomic E-state index is 0.176. The van der Waals surface area contributed by atoms with Gasteiger partial charge < -0.3 is 19.7 Å². The first kappa shape index (κ1) is 18.0. The lowest BCUT2D eigenvalue weighted by atomic mass is 9.91. The van der Waals surface area contributed by atoms with Gasteiger partial charge in [0.25, 0.3) is 0 Å². The van der Waals surface area contributed by atoms with E-state index >= 15 is 0 Å². The van der Waals surface area contributed by atoms with Gasteiger partial charge in [-0.25, -0.2) is 0 Å². The van der Waals surface area contributed by atoms with Crippen LogP contribution in [-0.4, -0.2) is 24.4 Å². The number of hydrogen-bond donors (Lipinski definition) is 2. The summed E-state index contributed by atoms with van der Waals surface area (Å²) in [6.07, 6.45) is 1.65. The minimum atomic E-state index is 0.176. The molecule has 0 radical (unpaired) electrons. The van der Waals surface area contributed by atoms with Gasteiger partial charge in [0, 0.05) is 0 Å². The third kappa shape index (κ3) is 3.14. The Balaban J connectivity index is 2.39. The van der Waals surface area contributed by atoms with E-state index in [1.165, 1.54) is 11.1 Å². The molecule has 2 aromatic carbocycles. The quantitative estimate of drug-likeness (QED) is 0.865. The van der Waals surface area contributed by atoms with Gasteiger partial charge in [0.05, 0.1) is 14.2 Å². The minimum Gasteiger partial charge on any atom is -0.504 e. The van der Waals surface area contributed by atoms with Crippen molar-refractivity contribution < 1.29 is 19.7 Å². The van der Waals surface area contributed by atoms with E-state index in [1.54, 1.807) is 26.4 Å². The molecule has 0 aliphatic rings. The molecular formula is C20H26O4. The van der Waals surface area contributed by atoms with Crippen molar-refractivity contribution in [1.29, 1.82) is 0 Å². The molecule has 0 saturated heterocycles. The molecule has 0 aromatic heterocycles. The van der Waals surface area contributed by atoms with Gasteiger partial charge >= 0.3 is 0 Å². The summed E-state index contributed by atoms with van der Waals surface area (Å²) in [5.74, 6) is 1.42. The summed E-state index contributed by atoms with van der Waals surface area (Å²) in [4.78, 5) is 0. The Hall–Kier alpha value is -2.36. The van der Waals surface area contributed by atoms with Crippen LogP contribution < -0.4 is 9.47 Å². The Morgan fingerprint density at radius 2 is 1.04 bits per heavy atom. The van der Waals surface area contributed by atoms with Crippen LogP contribution in [0, 0.1) is 27.7 Å². The Bertz CT molecular complexity index is 698. The number of rotatable bonds is 5. The predicted octanol–water partition coefficient (Wildman–Crippen LogP) is 4.13. The highest BCUT2D eigenvalue weighted by atomic mass is 16.5. The average molecular weight is 330 g/mol. The van der Waals surface area contributed by atoms with Crippen molar-refractivity contribution in [3.8, 4) is 23.0 Å². The van der Waals surface area contributed by atoms with Crippen molar-refractivity contribution in [1.82, 2.24) is 0 Å². The van der Waals surface area contributed by atoms with Crippen molar-refractivity contribution in [2.24, 2.45) is 0 Å². The van der Waals surface area contributed by atoms with Crippen LogP contribution in [0.3, 0.4) is 0 Å². The highest BCUT2D eigenvalue weighted by molar-refractivity contribution is 5.55. The summed E-state index contributed by atoms with van der Waals surface area (Å²) < 4.78 is 10.6. The Kier molecular flexibility index (Phi) is 5.27. The molecule has 0 heterocycles. The summed E-state index contributed by atoms with van der Waals surface area (Å²) in [5.41, 5.74) is 6.39. The molecule has 24 heavy (non-hydrogen) atoms. The van der Waals surface area contributed by atoms with Gasteiger partial charge in [-0.2, -0.15) is 0 Å². The largest absolute Gasteiger partial charge is 0.504 e. The van der Waals surface area contributed by atoms with E-state index in [0.717, 1.165) is 35.1 Å². The SMILES string of the molecule is COc1c(O)cc(C)c(CCc2c(C)cc(O)c(OC)c2C)c1C. The van der Waals surface area contributed by atoms with Crippen molar-refractivity contribution in [3.63, 3.8) is 0 Å². The Morgan fingerprint density at radius 1 is 0.708 bits per heavy atom. The molecule has 0 aliphatic heterocycles. The molecule has 130 valence electrons. The smallest absolute Gasteiger partial charge is 0.163 e. The molecule has 0 saturated carbocycles. The maximum absolute atomic E-state index is 10.00. The van der Waals surface area contributed by atoms with E-state index in [0.29, 0.717) is 11.5 Å². The zero-order valence-electron chi connectivity index (χ0n) is 15.3.